The van der Waals surface area contributed by atoms with Crippen LogP contribution in [0, 0.1) is 5.41 Å². The summed E-state index contributed by atoms with van der Waals surface area (Å²) < 4.78 is 24.1. The number of rotatable bonds is 11. The summed E-state index contributed by atoms with van der Waals surface area (Å²) in [5.41, 5.74) is 0.513. The molecule has 3 aromatic rings. The van der Waals surface area contributed by atoms with Gasteiger partial charge in [-0.15, -0.1) is 6.58 Å². The van der Waals surface area contributed by atoms with Gasteiger partial charge in [-0.3, -0.25) is 9.59 Å². The lowest BCUT2D eigenvalue weighted by molar-refractivity contribution is -0.210. The Labute approximate surface area is 263 Å². The first-order valence-electron chi connectivity index (χ1n) is 14.9. The predicted molar refractivity (Wildman–Crippen MR) is 167 cm³/mol. The number of carbonyl (C=O) groups is 4. The highest BCUT2D eigenvalue weighted by Gasteiger charge is 2.51. The van der Waals surface area contributed by atoms with Gasteiger partial charge in [0.25, 0.3) is 0 Å². The fraction of sp³-hybridized carbons (Fsp3) is 0.333. The molecule has 0 radical (unpaired) electrons. The van der Waals surface area contributed by atoms with Gasteiger partial charge in [0, 0.05) is 5.41 Å². The van der Waals surface area contributed by atoms with E-state index < -0.39 is 53.8 Å². The van der Waals surface area contributed by atoms with Crippen LogP contribution in [0.15, 0.2) is 104 Å². The number of carbonyl (C=O) groups excluding carboxylic acids is 4. The van der Waals surface area contributed by atoms with E-state index in [9.17, 15) is 19.2 Å². The fourth-order valence-corrected chi connectivity index (χ4v) is 4.88. The smallest absolute Gasteiger partial charge is 0.338 e. The molecule has 0 aromatic heterocycles. The van der Waals surface area contributed by atoms with Gasteiger partial charge in [-0.2, -0.15) is 0 Å². The molecule has 236 valence electrons. The number of esters is 3. The molecule has 0 bridgehead atoms. The molecule has 1 heterocycles. The van der Waals surface area contributed by atoms with Crippen LogP contribution in [0.3, 0.4) is 0 Å². The highest BCUT2D eigenvalue weighted by molar-refractivity contribution is 5.90. The third-order valence-corrected chi connectivity index (χ3v) is 7.27. The van der Waals surface area contributed by atoms with Gasteiger partial charge in [0.1, 0.15) is 12.7 Å². The first-order chi connectivity index (χ1) is 21.6. The molecule has 0 spiro atoms. The summed E-state index contributed by atoms with van der Waals surface area (Å²) in [6, 6.07) is 24.9. The third kappa shape index (κ3) is 9.12. The van der Waals surface area contributed by atoms with Crippen LogP contribution in [0.2, 0.25) is 0 Å². The van der Waals surface area contributed by atoms with Crippen LogP contribution in [-0.2, 0) is 35.0 Å². The summed E-state index contributed by atoms with van der Waals surface area (Å²) in [7, 11) is 0. The second kappa shape index (κ2) is 15.3. The van der Waals surface area contributed by atoms with E-state index in [4.69, 9.17) is 18.9 Å². The van der Waals surface area contributed by atoms with Gasteiger partial charge in [0.15, 0.2) is 12.2 Å². The molecule has 9 nitrogen and oxygen atoms in total. The Morgan fingerprint density at radius 3 is 1.89 bits per heavy atom. The Hall–Kier alpha value is -4.76. The Bertz CT molecular complexity index is 1450. The van der Waals surface area contributed by atoms with Crippen LogP contribution in [0.4, 0.5) is 0 Å². The molecule has 1 aliphatic rings. The van der Waals surface area contributed by atoms with Gasteiger partial charge in [-0.1, -0.05) is 93.6 Å². The van der Waals surface area contributed by atoms with Crippen molar-refractivity contribution in [2.75, 3.05) is 6.61 Å². The van der Waals surface area contributed by atoms with Gasteiger partial charge in [0.2, 0.25) is 5.91 Å². The SMILES string of the molecule is C=CCC1OC(COC(=O)c2ccccc2)C(OC(=O)c2ccccc2)C(OC(=O)Cc2ccccc2)C1NC(=O)C(C)(C)C. The van der Waals surface area contributed by atoms with Crippen molar-refractivity contribution in [3.63, 3.8) is 0 Å². The highest BCUT2D eigenvalue weighted by Crippen LogP contribution is 2.31. The first-order valence-corrected chi connectivity index (χ1v) is 14.9. The summed E-state index contributed by atoms with van der Waals surface area (Å²) in [6.45, 7) is 8.78. The normalized spacial score (nSPS) is 21.2. The van der Waals surface area contributed by atoms with Crippen molar-refractivity contribution in [1.29, 1.82) is 0 Å². The molecule has 0 saturated carbocycles. The zero-order chi connectivity index (χ0) is 32.4. The lowest BCUT2D eigenvalue weighted by atomic mass is 9.88. The predicted octanol–water partition coefficient (Wildman–Crippen LogP) is 5.10. The van der Waals surface area contributed by atoms with E-state index in [2.05, 4.69) is 11.9 Å². The second-order valence-corrected chi connectivity index (χ2v) is 11.8. The number of ether oxygens (including phenoxy) is 4. The maximum absolute atomic E-state index is 13.4. The van der Waals surface area contributed by atoms with Crippen LogP contribution in [0.25, 0.3) is 0 Å². The van der Waals surface area contributed by atoms with E-state index in [0.717, 1.165) is 5.56 Å². The van der Waals surface area contributed by atoms with Crippen molar-refractivity contribution in [1.82, 2.24) is 5.32 Å². The first kappa shape index (κ1) is 33.1. The zero-order valence-corrected chi connectivity index (χ0v) is 25.7. The minimum atomic E-state index is -1.26. The van der Waals surface area contributed by atoms with Crippen molar-refractivity contribution >= 4 is 23.8 Å². The van der Waals surface area contributed by atoms with Crippen molar-refractivity contribution in [3.05, 3.63) is 120 Å². The largest absolute Gasteiger partial charge is 0.459 e. The summed E-state index contributed by atoms with van der Waals surface area (Å²) in [5.74, 6) is -2.22. The Kier molecular flexibility index (Phi) is 11.3. The van der Waals surface area contributed by atoms with E-state index in [0.29, 0.717) is 5.56 Å². The molecule has 0 aliphatic carbocycles. The van der Waals surface area contributed by atoms with Gasteiger partial charge in [-0.05, 0) is 36.2 Å². The maximum Gasteiger partial charge on any atom is 0.338 e. The van der Waals surface area contributed by atoms with E-state index in [-0.39, 0.29) is 30.9 Å². The number of nitrogens with one attached hydrogen (secondary N) is 1. The van der Waals surface area contributed by atoms with Crippen molar-refractivity contribution in [2.24, 2.45) is 5.41 Å². The maximum atomic E-state index is 13.4. The van der Waals surface area contributed by atoms with Crippen molar-refractivity contribution < 1.29 is 38.1 Å². The van der Waals surface area contributed by atoms with Gasteiger partial charge >= 0.3 is 17.9 Å². The second-order valence-electron chi connectivity index (χ2n) is 11.8. The van der Waals surface area contributed by atoms with E-state index >= 15 is 0 Å². The standard InChI is InChI=1S/C36H39NO8/c1-5-15-27-30(37-35(41)36(2,3)4)32(44-29(38)22-24-16-9-6-10-17-24)31(45-34(40)26-20-13-8-14-21-26)28(43-27)23-42-33(39)25-18-11-7-12-19-25/h5-14,16-21,27-28,30-32H,1,15,22-23H2,2-4H3,(H,37,41). The van der Waals surface area contributed by atoms with Crippen molar-refractivity contribution in [3.8, 4) is 0 Å². The number of hydrogen-bond donors (Lipinski definition) is 1. The molecule has 3 aromatic carbocycles. The third-order valence-electron chi connectivity index (χ3n) is 7.27. The van der Waals surface area contributed by atoms with Gasteiger partial charge in [-0.25, -0.2) is 9.59 Å². The average molecular weight is 614 g/mol. The number of hydrogen-bond acceptors (Lipinski definition) is 8. The van der Waals surface area contributed by atoms with E-state index in [1.165, 1.54) is 0 Å². The molecule has 4 rings (SSSR count). The van der Waals surface area contributed by atoms with E-state index in [1.807, 2.05) is 18.2 Å². The zero-order valence-electron chi connectivity index (χ0n) is 25.7. The molecule has 5 unspecified atom stereocenters. The average Bonchev–Trinajstić information content (AvgIpc) is 3.03. The molecule has 1 saturated heterocycles. The summed E-state index contributed by atoms with van der Waals surface area (Å²) in [6.07, 6.45) is -2.44. The van der Waals surface area contributed by atoms with Gasteiger partial charge in [0.05, 0.1) is 29.7 Å². The summed E-state index contributed by atoms with van der Waals surface area (Å²) in [4.78, 5) is 53.0. The van der Waals surface area contributed by atoms with Crippen LogP contribution in [0.5, 0.6) is 0 Å². The fourth-order valence-electron chi connectivity index (χ4n) is 4.88. The van der Waals surface area contributed by atoms with Gasteiger partial charge < -0.3 is 24.3 Å². The minimum Gasteiger partial charge on any atom is -0.459 e. The molecule has 1 fully saturated rings. The van der Waals surface area contributed by atoms with Crippen LogP contribution >= 0.6 is 0 Å². The quantitative estimate of drug-likeness (QED) is 0.180. The Morgan fingerprint density at radius 1 is 0.778 bits per heavy atom. The minimum absolute atomic E-state index is 0.0583. The Morgan fingerprint density at radius 2 is 1.33 bits per heavy atom. The van der Waals surface area contributed by atoms with E-state index in [1.54, 1.807) is 99.6 Å². The van der Waals surface area contributed by atoms with Crippen LogP contribution < -0.4 is 5.32 Å². The van der Waals surface area contributed by atoms with Crippen LogP contribution in [-0.4, -0.2) is 60.9 Å². The molecule has 1 amide bonds. The molecular formula is C36H39NO8. The van der Waals surface area contributed by atoms with Crippen molar-refractivity contribution in [2.45, 2.75) is 64.1 Å². The lowest BCUT2D eigenvalue weighted by Crippen LogP contribution is -2.67. The monoisotopic (exact) mass is 613 g/mol. The lowest BCUT2D eigenvalue weighted by Gasteiger charge is -2.46. The Balaban J connectivity index is 1.71. The van der Waals surface area contributed by atoms with Crippen LogP contribution in [0.1, 0.15) is 53.5 Å². The molecule has 1 N–H and O–H groups in total. The highest BCUT2D eigenvalue weighted by atomic mass is 16.6. The summed E-state index contributed by atoms with van der Waals surface area (Å²) in [5, 5.41) is 2.98. The summed E-state index contributed by atoms with van der Waals surface area (Å²) >= 11 is 0. The molecule has 5 atom stereocenters. The number of benzene rings is 3. The molecular weight excluding hydrogens is 574 g/mol. The molecule has 9 heteroatoms. The molecule has 1 aliphatic heterocycles. The molecule has 45 heavy (non-hydrogen) atoms. The number of amides is 1. The topological polar surface area (TPSA) is 117 Å².